The van der Waals surface area contributed by atoms with Gasteiger partial charge in [0.1, 0.15) is 12.4 Å². The molecule has 6 heteroatoms. The highest BCUT2D eigenvalue weighted by atomic mass is 32.1. The number of hydrazone groups is 1. The lowest BCUT2D eigenvalue weighted by Gasteiger charge is -2.10. The van der Waals surface area contributed by atoms with Gasteiger partial charge in [-0.05, 0) is 47.9 Å². The minimum absolute atomic E-state index is 0.530. The van der Waals surface area contributed by atoms with Gasteiger partial charge in [-0.2, -0.15) is 5.10 Å². The van der Waals surface area contributed by atoms with Crippen LogP contribution in [0.25, 0.3) is 10.2 Å². The maximum atomic E-state index is 5.89. The molecular formula is C23H24N4OS. The molecule has 0 aliphatic rings. The number of aromatic nitrogens is 2. The Hall–Kier alpha value is -3.12. The van der Waals surface area contributed by atoms with Gasteiger partial charge in [-0.3, -0.25) is 5.43 Å². The van der Waals surface area contributed by atoms with Crippen LogP contribution in [0.2, 0.25) is 0 Å². The molecule has 0 amide bonds. The highest BCUT2D eigenvalue weighted by Gasteiger charge is 2.03. The Kier molecular flexibility index (Phi) is 5.91. The number of nitrogens with zero attached hydrogens (tertiary/aromatic N) is 3. The number of hydrogen-bond donors (Lipinski definition) is 1. The Bertz CT molecular complexity index is 1060. The monoisotopic (exact) mass is 404 g/mol. The van der Waals surface area contributed by atoms with E-state index in [-0.39, 0.29) is 0 Å². The van der Waals surface area contributed by atoms with Crippen LogP contribution in [-0.4, -0.2) is 22.4 Å². The summed E-state index contributed by atoms with van der Waals surface area (Å²) in [7, 11) is 0. The van der Waals surface area contributed by atoms with Crippen molar-refractivity contribution in [1.29, 1.82) is 0 Å². The van der Waals surface area contributed by atoms with Gasteiger partial charge in [0.05, 0.1) is 28.7 Å². The maximum absolute atomic E-state index is 5.89. The van der Waals surface area contributed by atoms with Crippen molar-refractivity contribution in [2.45, 2.75) is 26.3 Å². The fourth-order valence-corrected chi connectivity index (χ4v) is 3.85. The summed E-state index contributed by atoms with van der Waals surface area (Å²) in [6.07, 6.45) is 3.84. The van der Waals surface area contributed by atoms with E-state index in [0.717, 1.165) is 33.3 Å². The lowest BCUT2D eigenvalue weighted by atomic mass is 10.0. The van der Waals surface area contributed by atoms with Crippen LogP contribution in [0.4, 0.5) is 5.13 Å². The molecule has 4 rings (SSSR count). The fraction of sp³-hybridized carbons (Fsp3) is 0.217. The molecule has 4 aromatic rings. The first-order valence-electron chi connectivity index (χ1n) is 9.71. The number of anilines is 1. The Balaban J connectivity index is 1.31. The van der Waals surface area contributed by atoms with Gasteiger partial charge < -0.3 is 9.30 Å². The van der Waals surface area contributed by atoms with Crippen molar-refractivity contribution in [2.24, 2.45) is 5.10 Å². The molecule has 0 unspecified atom stereocenters. The standard InChI is InChI=1S/C23H24N4OS/c1-17(2)18-9-11-20(12-10-18)28-15-14-27-13-5-6-19(27)16-24-26-23-25-21-7-3-4-8-22(21)29-23/h3-13,16-17H,14-15H2,1-2H3,(H,25,26). The second-order valence-corrected chi connectivity index (χ2v) is 8.09. The summed E-state index contributed by atoms with van der Waals surface area (Å²) in [5, 5.41) is 5.13. The molecule has 0 fully saturated rings. The maximum Gasteiger partial charge on any atom is 0.204 e. The number of benzene rings is 2. The third-order valence-corrected chi connectivity index (χ3v) is 5.60. The molecule has 0 saturated heterocycles. The number of thiazole rings is 1. The van der Waals surface area contributed by atoms with E-state index in [1.165, 1.54) is 5.56 Å². The van der Waals surface area contributed by atoms with Crippen LogP contribution in [0.15, 0.2) is 72.0 Å². The zero-order valence-corrected chi connectivity index (χ0v) is 17.4. The summed E-state index contributed by atoms with van der Waals surface area (Å²) in [4.78, 5) is 4.52. The zero-order valence-electron chi connectivity index (χ0n) is 16.6. The molecule has 0 aliphatic carbocycles. The smallest absolute Gasteiger partial charge is 0.204 e. The van der Waals surface area contributed by atoms with Crippen molar-refractivity contribution in [3.63, 3.8) is 0 Å². The van der Waals surface area contributed by atoms with Gasteiger partial charge in [0, 0.05) is 6.20 Å². The molecule has 1 N–H and O–H groups in total. The van der Waals surface area contributed by atoms with E-state index in [9.17, 15) is 0 Å². The van der Waals surface area contributed by atoms with Crippen molar-refractivity contribution in [3.05, 3.63) is 78.1 Å². The van der Waals surface area contributed by atoms with Crippen LogP contribution >= 0.6 is 11.3 Å². The van der Waals surface area contributed by atoms with Crippen LogP contribution in [0.1, 0.15) is 31.0 Å². The van der Waals surface area contributed by atoms with Gasteiger partial charge >= 0.3 is 0 Å². The first-order valence-corrected chi connectivity index (χ1v) is 10.5. The van der Waals surface area contributed by atoms with Gasteiger partial charge in [-0.25, -0.2) is 4.98 Å². The molecule has 2 aromatic carbocycles. The summed E-state index contributed by atoms with van der Waals surface area (Å²) in [5.74, 6) is 1.43. The predicted molar refractivity (Wildman–Crippen MR) is 121 cm³/mol. The second kappa shape index (κ2) is 8.92. The van der Waals surface area contributed by atoms with E-state index in [1.54, 1.807) is 11.3 Å². The molecule has 148 valence electrons. The average Bonchev–Trinajstić information content (AvgIpc) is 3.35. The normalized spacial score (nSPS) is 11.6. The minimum Gasteiger partial charge on any atom is -0.492 e. The number of rotatable bonds is 8. The van der Waals surface area contributed by atoms with E-state index in [4.69, 9.17) is 4.74 Å². The number of ether oxygens (including phenoxy) is 1. The van der Waals surface area contributed by atoms with Gasteiger partial charge in [0.15, 0.2) is 0 Å². The lowest BCUT2D eigenvalue weighted by Crippen LogP contribution is -2.10. The third kappa shape index (κ3) is 4.84. The van der Waals surface area contributed by atoms with E-state index in [0.29, 0.717) is 12.5 Å². The molecule has 29 heavy (non-hydrogen) atoms. The van der Waals surface area contributed by atoms with Crippen molar-refractivity contribution in [3.8, 4) is 5.75 Å². The first kappa shape index (κ1) is 19.2. The minimum atomic E-state index is 0.530. The van der Waals surface area contributed by atoms with Gasteiger partial charge in [0.2, 0.25) is 5.13 Å². The summed E-state index contributed by atoms with van der Waals surface area (Å²) >= 11 is 1.59. The predicted octanol–water partition coefficient (Wildman–Crippen LogP) is 5.75. The molecular weight excluding hydrogens is 380 g/mol. The fourth-order valence-electron chi connectivity index (χ4n) is 3.03. The SMILES string of the molecule is CC(C)c1ccc(OCCn2cccc2C=NNc2nc3ccccc3s2)cc1. The van der Waals surface area contributed by atoms with Crippen LogP contribution in [0, 0.1) is 0 Å². The van der Waals surface area contributed by atoms with E-state index < -0.39 is 0 Å². The van der Waals surface area contributed by atoms with Crippen LogP contribution in [0.3, 0.4) is 0 Å². The van der Waals surface area contributed by atoms with Crippen LogP contribution in [-0.2, 0) is 6.54 Å². The third-order valence-electron chi connectivity index (χ3n) is 4.66. The van der Waals surface area contributed by atoms with Crippen molar-refractivity contribution in [2.75, 3.05) is 12.0 Å². The number of fused-ring (bicyclic) bond motifs is 1. The average molecular weight is 405 g/mol. The number of hydrogen-bond acceptors (Lipinski definition) is 5. The second-order valence-electron chi connectivity index (χ2n) is 7.06. The first-order chi connectivity index (χ1) is 14.2. The summed E-state index contributed by atoms with van der Waals surface area (Å²) in [6.45, 7) is 5.73. The lowest BCUT2D eigenvalue weighted by molar-refractivity contribution is 0.298. The van der Waals surface area contributed by atoms with E-state index in [1.807, 2.05) is 54.9 Å². The van der Waals surface area contributed by atoms with Gasteiger partial charge in [0.25, 0.3) is 0 Å². The largest absolute Gasteiger partial charge is 0.492 e. The van der Waals surface area contributed by atoms with Crippen molar-refractivity contribution < 1.29 is 4.74 Å². The summed E-state index contributed by atoms with van der Waals surface area (Å²) < 4.78 is 9.15. The molecule has 0 bridgehead atoms. The highest BCUT2D eigenvalue weighted by Crippen LogP contribution is 2.25. The molecule has 0 atom stereocenters. The summed E-state index contributed by atoms with van der Waals surface area (Å²) in [6, 6.07) is 20.4. The Labute approximate surface area is 174 Å². The zero-order chi connectivity index (χ0) is 20.1. The van der Waals surface area contributed by atoms with Crippen molar-refractivity contribution >= 4 is 32.9 Å². The number of nitrogens with one attached hydrogen (secondary N) is 1. The summed E-state index contributed by atoms with van der Waals surface area (Å²) in [5.41, 5.74) is 6.34. The van der Waals surface area contributed by atoms with Crippen molar-refractivity contribution in [1.82, 2.24) is 9.55 Å². The molecule has 2 aromatic heterocycles. The Morgan fingerprint density at radius 1 is 1.10 bits per heavy atom. The molecule has 0 radical (unpaired) electrons. The molecule has 5 nitrogen and oxygen atoms in total. The van der Waals surface area contributed by atoms with E-state index in [2.05, 4.69) is 52.1 Å². The van der Waals surface area contributed by atoms with Gasteiger partial charge in [-0.1, -0.05) is 49.4 Å². The topological polar surface area (TPSA) is 51.4 Å². The molecule has 0 aliphatic heterocycles. The highest BCUT2D eigenvalue weighted by molar-refractivity contribution is 7.22. The van der Waals surface area contributed by atoms with Crippen LogP contribution in [0.5, 0.6) is 5.75 Å². The molecule has 0 spiro atoms. The Morgan fingerprint density at radius 3 is 2.72 bits per heavy atom. The number of para-hydroxylation sites is 1. The Morgan fingerprint density at radius 2 is 1.93 bits per heavy atom. The van der Waals surface area contributed by atoms with E-state index >= 15 is 0 Å². The quantitative estimate of drug-likeness (QED) is 0.301. The molecule has 0 saturated carbocycles. The molecule has 2 heterocycles. The van der Waals surface area contributed by atoms with Gasteiger partial charge in [-0.15, -0.1) is 0 Å². The van der Waals surface area contributed by atoms with Crippen LogP contribution < -0.4 is 10.2 Å².